The van der Waals surface area contributed by atoms with Crippen LogP contribution in [0.15, 0.2) is 42.6 Å². The summed E-state index contributed by atoms with van der Waals surface area (Å²) in [7, 11) is 0. The minimum Gasteiger partial charge on any atom is -0.339 e. The van der Waals surface area contributed by atoms with Gasteiger partial charge < -0.3 is 10.6 Å². The van der Waals surface area contributed by atoms with Gasteiger partial charge >= 0.3 is 11.8 Å². The molecule has 2 rings (SSSR count). The highest BCUT2D eigenvalue weighted by atomic mass is 35.5. The number of hydrogen-bond acceptors (Lipinski definition) is 3. The van der Waals surface area contributed by atoms with Crippen LogP contribution in [0.3, 0.4) is 0 Å². The summed E-state index contributed by atoms with van der Waals surface area (Å²) >= 11 is 5.65. The van der Waals surface area contributed by atoms with E-state index in [1.165, 1.54) is 12.1 Å². The van der Waals surface area contributed by atoms with Crippen LogP contribution >= 0.6 is 11.6 Å². The Morgan fingerprint density at radius 2 is 1.92 bits per heavy atom. The number of benzene rings is 1. The normalized spacial score (nSPS) is 11.9. The van der Waals surface area contributed by atoms with Crippen molar-refractivity contribution in [1.82, 2.24) is 10.3 Å². The molecule has 0 unspecified atom stereocenters. The molecule has 2 aromatic rings. The van der Waals surface area contributed by atoms with Gasteiger partial charge in [-0.1, -0.05) is 31.5 Å². The first-order valence-electron chi connectivity index (χ1n) is 7.36. The molecule has 0 aliphatic carbocycles. The number of nitrogens with one attached hydrogen (secondary N) is 2. The van der Waals surface area contributed by atoms with Gasteiger partial charge in [-0.05, 0) is 36.2 Å². The van der Waals surface area contributed by atoms with Crippen molar-refractivity contribution in [2.24, 2.45) is 5.92 Å². The Morgan fingerprint density at radius 3 is 2.50 bits per heavy atom. The predicted molar refractivity (Wildman–Crippen MR) is 90.0 cm³/mol. The lowest BCUT2D eigenvalue weighted by molar-refractivity contribution is -0.136. The molecule has 24 heavy (non-hydrogen) atoms. The zero-order valence-corrected chi connectivity index (χ0v) is 14.0. The lowest BCUT2D eigenvalue weighted by Crippen LogP contribution is -2.40. The van der Waals surface area contributed by atoms with E-state index in [0.29, 0.717) is 5.69 Å². The molecule has 0 aliphatic heterocycles. The molecular formula is C17H17ClFN3O2. The fourth-order valence-electron chi connectivity index (χ4n) is 2.12. The van der Waals surface area contributed by atoms with E-state index in [4.69, 9.17) is 11.6 Å². The Hall–Kier alpha value is -2.47. The lowest BCUT2D eigenvalue weighted by atomic mass is 10.0. The Bertz CT molecular complexity index is 738. The molecule has 2 amide bonds. The minimum absolute atomic E-state index is 0.0175. The van der Waals surface area contributed by atoms with Crippen molar-refractivity contribution in [2.75, 3.05) is 5.32 Å². The Kier molecular flexibility index (Phi) is 5.87. The number of rotatable bonds is 4. The third kappa shape index (κ3) is 4.52. The van der Waals surface area contributed by atoms with Crippen molar-refractivity contribution in [3.05, 3.63) is 59.1 Å². The molecule has 0 saturated heterocycles. The molecule has 0 saturated carbocycles. The second kappa shape index (κ2) is 7.88. The smallest absolute Gasteiger partial charge is 0.313 e. The van der Waals surface area contributed by atoms with E-state index in [2.05, 4.69) is 15.6 Å². The molecule has 0 fully saturated rings. The molecule has 0 radical (unpaired) electrons. The average Bonchev–Trinajstić information content (AvgIpc) is 2.55. The minimum atomic E-state index is -0.960. The monoisotopic (exact) mass is 349 g/mol. The number of carbonyl (C=O) groups excluding carboxylic acids is 2. The van der Waals surface area contributed by atoms with E-state index >= 15 is 0 Å². The maximum Gasteiger partial charge on any atom is 0.313 e. The van der Waals surface area contributed by atoms with Gasteiger partial charge in [0.1, 0.15) is 5.82 Å². The number of nitrogens with zero attached hydrogens (tertiary/aromatic N) is 1. The largest absolute Gasteiger partial charge is 0.339 e. The molecule has 1 heterocycles. The first-order valence-corrected chi connectivity index (χ1v) is 7.74. The molecule has 126 valence electrons. The molecule has 2 N–H and O–H groups in total. The van der Waals surface area contributed by atoms with Crippen molar-refractivity contribution in [3.8, 4) is 0 Å². The summed E-state index contributed by atoms with van der Waals surface area (Å²) < 4.78 is 13.7. The van der Waals surface area contributed by atoms with Crippen LogP contribution in [0.25, 0.3) is 0 Å². The van der Waals surface area contributed by atoms with E-state index in [0.717, 1.165) is 6.07 Å². The van der Waals surface area contributed by atoms with E-state index in [1.807, 2.05) is 13.8 Å². The quantitative estimate of drug-likeness (QED) is 0.832. The summed E-state index contributed by atoms with van der Waals surface area (Å²) in [6.45, 7) is 3.80. The first kappa shape index (κ1) is 17.9. The van der Waals surface area contributed by atoms with Crippen LogP contribution in [-0.2, 0) is 9.59 Å². The van der Waals surface area contributed by atoms with Gasteiger partial charge in [0.2, 0.25) is 0 Å². The van der Waals surface area contributed by atoms with Crippen LogP contribution in [0.4, 0.5) is 10.1 Å². The molecule has 1 aromatic heterocycles. The van der Waals surface area contributed by atoms with Crippen LogP contribution in [0.2, 0.25) is 5.02 Å². The van der Waals surface area contributed by atoms with Gasteiger partial charge in [0, 0.05) is 11.2 Å². The van der Waals surface area contributed by atoms with E-state index in [9.17, 15) is 14.0 Å². The van der Waals surface area contributed by atoms with Crippen molar-refractivity contribution < 1.29 is 14.0 Å². The summed E-state index contributed by atoms with van der Waals surface area (Å²) in [6.07, 6.45) is 1.61. The lowest BCUT2D eigenvalue weighted by Gasteiger charge is -2.21. The van der Waals surface area contributed by atoms with Gasteiger partial charge in [0.05, 0.1) is 17.4 Å². The maximum absolute atomic E-state index is 13.7. The van der Waals surface area contributed by atoms with Crippen molar-refractivity contribution in [1.29, 1.82) is 0 Å². The number of halogens is 2. The summed E-state index contributed by atoms with van der Waals surface area (Å²) in [6, 6.07) is 8.66. The fourth-order valence-corrected chi connectivity index (χ4v) is 2.28. The molecule has 0 aliphatic rings. The zero-order valence-electron chi connectivity index (χ0n) is 13.2. The van der Waals surface area contributed by atoms with Gasteiger partial charge in [-0.15, -0.1) is 0 Å². The van der Waals surface area contributed by atoms with E-state index in [1.54, 1.807) is 24.4 Å². The molecule has 1 atom stereocenters. The third-order valence-electron chi connectivity index (χ3n) is 3.35. The van der Waals surface area contributed by atoms with Gasteiger partial charge in [-0.25, -0.2) is 4.39 Å². The first-order chi connectivity index (χ1) is 11.4. The van der Waals surface area contributed by atoms with Crippen LogP contribution in [-0.4, -0.2) is 16.8 Å². The van der Waals surface area contributed by atoms with Crippen molar-refractivity contribution in [3.63, 3.8) is 0 Å². The number of anilines is 1. The highest BCUT2D eigenvalue weighted by Crippen LogP contribution is 2.20. The Balaban J connectivity index is 2.08. The molecule has 0 bridgehead atoms. The zero-order chi connectivity index (χ0) is 17.7. The van der Waals surface area contributed by atoms with Gasteiger partial charge in [0.25, 0.3) is 0 Å². The van der Waals surface area contributed by atoms with Crippen molar-refractivity contribution >= 4 is 29.1 Å². The van der Waals surface area contributed by atoms with Crippen LogP contribution in [0.1, 0.15) is 25.6 Å². The summed E-state index contributed by atoms with van der Waals surface area (Å²) in [5.74, 6) is -2.52. The highest BCUT2D eigenvalue weighted by Gasteiger charge is 2.23. The summed E-state index contributed by atoms with van der Waals surface area (Å²) in [4.78, 5) is 28.3. The highest BCUT2D eigenvalue weighted by molar-refractivity contribution is 6.39. The standard InChI is InChI=1S/C17H17ClFN3O2/c1-10(2)15(14-5-3-4-8-20-14)22-17(24)16(23)21-13-7-6-11(18)9-12(13)19/h3-10,15H,1-2H3,(H,21,23)(H,22,24)/t15-/m0/s1. The number of aromatic nitrogens is 1. The SMILES string of the molecule is CC(C)[C@H](NC(=O)C(=O)Nc1ccc(Cl)cc1F)c1ccccn1. The second-order valence-electron chi connectivity index (χ2n) is 5.53. The van der Waals surface area contributed by atoms with E-state index in [-0.39, 0.29) is 16.6 Å². The fraction of sp³-hybridized carbons (Fsp3) is 0.235. The second-order valence-corrected chi connectivity index (χ2v) is 5.96. The number of amides is 2. The van der Waals surface area contributed by atoms with Gasteiger partial charge in [-0.2, -0.15) is 0 Å². The topological polar surface area (TPSA) is 71.1 Å². The summed E-state index contributed by atoms with van der Waals surface area (Å²) in [5.41, 5.74) is 0.532. The predicted octanol–water partition coefficient (Wildman–Crippen LogP) is 3.33. The van der Waals surface area contributed by atoms with Gasteiger partial charge in [-0.3, -0.25) is 14.6 Å². The molecule has 7 heteroatoms. The van der Waals surface area contributed by atoms with Crippen LogP contribution < -0.4 is 10.6 Å². The van der Waals surface area contributed by atoms with Crippen LogP contribution in [0, 0.1) is 11.7 Å². The van der Waals surface area contributed by atoms with Crippen molar-refractivity contribution in [2.45, 2.75) is 19.9 Å². The van der Waals surface area contributed by atoms with Gasteiger partial charge in [0.15, 0.2) is 0 Å². The average molecular weight is 350 g/mol. The maximum atomic E-state index is 13.7. The summed E-state index contributed by atoms with van der Waals surface area (Å²) in [5, 5.41) is 5.05. The Morgan fingerprint density at radius 1 is 1.17 bits per heavy atom. The Labute approximate surface area is 144 Å². The van der Waals surface area contributed by atoms with E-state index < -0.39 is 23.7 Å². The number of carbonyl (C=O) groups is 2. The molecular weight excluding hydrogens is 333 g/mol. The number of hydrogen-bond donors (Lipinski definition) is 2. The molecule has 0 spiro atoms. The molecule has 1 aromatic carbocycles. The third-order valence-corrected chi connectivity index (χ3v) is 3.58. The molecule has 5 nitrogen and oxygen atoms in total. The number of pyridine rings is 1. The van der Waals surface area contributed by atoms with Crippen LogP contribution in [0.5, 0.6) is 0 Å².